The second-order valence-electron chi connectivity index (χ2n) is 6.34. The van der Waals surface area contributed by atoms with Crippen molar-refractivity contribution < 1.29 is 4.39 Å². The van der Waals surface area contributed by atoms with Crippen LogP contribution in [0.5, 0.6) is 0 Å². The van der Waals surface area contributed by atoms with E-state index in [9.17, 15) is 4.39 Å². The summed E-state index contributed by atoms with van der Waals surface area (Å²) < 4.78 is 13.8. The second-order valence-corrected chi connectivity index (χ2v) is 6.34. The number of anilines is 2. The molecule has 1 aliphatic rings. The van der Waals surface area contributed by atoms with Gasteiger partial charge in [0.25, 0.3) is 0 Å². The average molecular weight is 322 g/mol. The molecule has 4 rings (SSSR count). The molecule has 0 amide bonds. The van der Waals surface area contributed by atoms with E-state index in [1.165, 1.54) is 23.4 Å². The zero-order valence-electron chi connectivity index (χ0n) is 13.8. The molecule has 0 aliphatic carbocycles. The predicted molar refractivity (Wildman–Crippen MR) is 94.9 cm³/mol. The molecule has 2 aromatic carbocycles. The Balaban J connectivity index is 1.86. The molecule has 0 bridgehead atoms. The molecule has 1 atom stereocenters. The number of benzene rings is 2. The summed E-state index contributed by atoms with van der Waals surface area (Å²) in [4.78, 5) is 13.3. The molecule has 1 aliphatic heterocycles. The fourth-order valence-corrected chi connectivity index (χ4v) is 3.48. The summed E-state index contributed by atoms with van der Waals surface area (Å²) in [7, 11) is 2.11. The molecule has 2 heterocycles. The maximum absolute atomic E-state index is 13.8. The van der Waals surface area contributed by atoms with Crippen molar-refractivity contribution in [3.63, 3.8) is 0 Å². The highest BCUT2D eigenvalue weighted by molar-refractivity contribution is 5.89. The molecule has 5 heteroatoms. The number of halogens is 1. The molecule has 3 aromatic rings. The van der Waals surface area contributed by atoms with E-state index in [-0.39, 0.29) is 11.9 Å². The Kier molecular flexibility index (Phi) is 3.56. The van der Waals surface area contributed by atoms with Gasteiger partial charge in [0.15, 0.2) is 0 Å². The van der Waals surface area contributed by atoms with Crippen molar-refractivity contribution in [2.75, 3.05) is 23.4 Å². The number of aromatic nitrogens is 2. The van der Waals surface area contributed by atoms with Crippen molar-refractivity contribution in [3.8, 4) is 0 Å². The molecule has 0 N–H and O–H groups in total. The molecule has 4 nitrogen and oxygen atoms in total. The van der Waals surface area contributed by atoms with Crippen LogP contribution in [0, 0.1) is 5.82 Å². The van der Waals surface area contributed by atoms with E-state index in [0.717, 1.165) is 29.8 Å². The molecule has 122 valence electrons. The van der Waals surface area contributed by atoms with Crippen molar-refractivity contribution in [3.05, 3.63) is 60.2 Å². The predicted octanol–water partition coefficient (Wildman–Crippen LogP) is 3.61. The fourth-order valence-electron chi connectivity index (χ4n) is 3.48. The van der Waals surface area contributed by atoms with Gasteiger partial charge in [-0.1, -0.05) is 18.2 Å². The van der Waals surface area contributed by atoms with Gasteiger partial charge in [0.05, 0.1) is 5.52 Å². The summed E-state index contributed by atoms with van der Waals surface area (Å²) in [5.41, 5.74) is 3.24. The van der Waals surface area contributed by atoms with Gasteiger partial charge in [-0.3, -0.25) is 0 Å². The van der Waals surface area contributed by atoms with E-state index in [1.807, 2.05) is 0 Å². The number of para-hydroxylation sites is 1. The first-order chi connectivity index (χ1) is 11.6. The Hall–Kier alpha value is -2.69. The van der Waals surface area contributed by atoms with Crippen LogP contribution in [0.4, 0.5) is 15.9 Å². The lowest BCUT2D eigenvalue weighted by Gasteiger charge is -2.30. The highest BCUT2D eigenvalue weighted by Gasteiger charge is 2.25. The first-order valence-electron chi connectivity index (χ1n) is 8.09. The number of rotatable bonds is 1. The van der Waals surface area contributed by atoms with Crippen LogP contribution >= 0.6 is 0 Å². The quantitative estimate of drug-likeness (QED) is 0.685. The Morgan fingerprint density at radius 1 is 1.12 bits per heavy atom. The minimum absolute atomic E-state index is 0.240. The van der Waals surface area contributed by atoms with Crippen LogP contribution in [-0.4, -0.2) is 29.6 Å². The third kappa shape index (κ3) is 2.46. The first kappa shape index (κ1) is 14.9. The molecule has 1 unspecified atom stereocenters. The molecular weight excluding hydrogens is 303 g/mol. The van der Waals surface area contributed by atoms with Crippen molar-refractivity contribution >= 4 is 22.4 Å². The largest absolute Gasteiger partial charge is 0.372 e. The van der Waals surface area contributed by atoms with Crippen LogP contribution in [0.3, 0.4) is 0 Å². The smallest absolute Gasteiger partial charge is 0.140 e. The van der Waals surface area contributed by atoms with Gasteiger partial charge >= 0.3 is 0 Å². The van der Waals surface area contributed by atoms with Gasteiger partial charge in [-0.25, -0.2) is 14.4 Å². The highest BCUT2D eigenvalue weighted by Crippen LogP contribution is 2.32. The van der Waals surface area contributed by atoms with Crippen LogP contribution in [0.15, 0.2) is 48.8 Å². The molecule has 0 saturated heterocycles. The Morgan fingerprint density at radius 3 is 2.83 bits per heavy atom. The monoisotopic (exact) mass is 322 g/mol. The standard InChI is InChI=1S/C19H19FN4/c1-13-10-23(2)18-6-4-3-5-14(18)11-24(13)19-16-9-15(20)7-8-17(16)21-12-22-19/h3-9,12-13H,10-11H2,1-2H3. The van der Waals surface area contributed by atoms with Crippen LogP contribution in [-0.2, 0) is 6.54 Å². The molecule has 0 saturated carbocycles. The summed E-state index contributed by atoms with van der Waals surface area (Å²) in [6.07, 6.45) is 1.56. The van der Waals surface area contributed by atoms with Crippen LogP contribution in [0.2, 0.25) is 0 Å². The van der Waals surface area contributed by atoms with Crippen molar-refractivity contribution in [2.24, 2.45) is 0 Å². The van der Waals surface area contributed by atoms with E-state index in [4.69, 9.17) is 0 Å². The van der Waals surface area contributed by atoms with Gasteiger partial charge in [-0.2, -0.15) is 0 Å². The number of hydrogen-bond donors (Lipinski definition) is 0. The lowest BCUT2D eigenvalue weighted by molar-refractivity contribution is 0.627. The normalized spacial score (nSPS) is 17.7. The lowest BCUT2D eigenvalue weighted by atomic mass is 10.1. The van der Waals surface area contributed by atoms with Crippen LogP contribution in [0.1, 0.15) is 12.5 Å². The average Bonchev–Trinajstić information content (AvgIpc) is 2.71. The first-order valence-corrected chi connectivity index (χ1v) is 8.09. The second kappa shape index (κ2) is 5.74. The van der Waals surface area contributed by atoms with Gasteiger partial charge in [-0.05, 0) is 36.8 Å². The zero-order chi connectivity index (χ0) is 16.7. The third-order valence-corrected chi connectivity index (χ3v) is 4.66. The maximum Gasteiger partial charge on any atom is 0.140 e. The number of fused-ring (bicyclic) bond motifs is 2. The summed E-state index contributed by atoms with van der Waals surface area (Å²) in [5, 5.41) is 0.756. The van der Waals surface area contributed by atoms with E-state index < -0.39 is 0 Å². The minimum atomic E-state index is -0.265. The molecule has 0 spiro atoms. The van der Waals surface area contributed by atoms with Crippen molar-refractivity contribution in [1.82, 2.24) is 9.97 Å². The number of likely N-dealkylation sites (N-methyl/N-ethyl adjacent to an activating group) is 1. The molecule has 24 heavy (non-hydrogen) atoms. The van der Waals surface area contributed by atoms with Crippen molar-refractivity contribution in [1.29, 1.82) is 0 Å². The van der Waals surface area contributed by atoms with E-state index in [0.29, 0.717) is 0 Å². The van der Waals surface area contributed by atoms with E-state index in [2.05, 4.69) is 58.0 Å². The lowest BCUT2D eigenvalue weighted by Crippen LogP contribution is -2.38. The van der Waals surface area contributed by atoms with Gasteiger partial charge in [0.1, 0.15) is 18.0 Å². The highest BCUT2D eigenvalue weighted by atomic mass is 19.1. The van der Waals surface area contributed by atoms with Gasteiger partial charge in [0, 0.05) is 37.3 Å². The SMILES string of the molecule is CC1CN(C)c2ccccc2CN1c1ncnc2ccc(F)cc12. The minimum Gasteiger partial charge on any atom is -0.372 e. The molecule has 0 radical (unpaired) electrons. The molecule has 0 fully saturated rings. The van der Waals surface area contributed by atoms with E-state index in [1.54, 1.807) is 12.4 Å². The summed E-state index contributed by atoms with van der Waals surface area (Å²) in [5.74, 6) is 0.524. The van der Waals surface area contributed by atoms with Crippen LogP contribution in [0.25, 0.3) is 10.9 Å². The van der Waals surface area contributed by atoms with Gasteiger partial charge in [-0.15, -0.1) is 0 Å². The third-order valence-electron chi connectivity index (χ3n) is 4.66. The summed E-state index contributed by atoms with van der Waals surface area (Å²) >= 11 is 0. The number of hydrogen-bond acceptors (Lipinski definition) is 4. The number of nitrogens with zero attached hydrogens (tertiary/aromatic N) is 4. The fraction of sp³-hybridized carbons (Fsp3) is 0.263. The topological polar surface area (TPSA) is 32.3 Å². The molecule has 1 aromatic heterocycles. The Morgan fingerprint density at radius 2 is 1.96 bits per heavy atom. The Labute approximate surface area is 140 Å². The van der Waals surface area contributed by atoms with Gasteiger partial charge < -0.3 is 9.80 Å². The summed E-state index contributed by atoms with van der Waals surface area (Å²) in [6, 6.07) is 13.3. The van der Waals surface area contributed by atoms with Crippen molar-refractivity contribution in [2.45, 2.75) is 19.5 Å². The molecular formula is C19H19FN4. The van der Waals surface area contributed by atoms with Crippen LogP contribution < -0.4 is 9.80 Å². The zero-order valence-corrected chi connectivity index (χ0v) is 13.8. The van der Waals surface area contributed by atoms with E-state index >= 15 is 0 Å². The van der Waals surface area contributed by atoms with Gasteiger partial charge in [0.2, 0.25) is 0 Å². The maximum atomic E-state index is 13.8. The summed E-state index contributed by atoms with van der Waals surface area (Å²) in [6.45, 7) is 3.79. The Bertz CT molecular complexity index is 895.